The van der Waals surface area contributed by atoms with Crippen molar-refractivity contribution in [3.8, 4) is 0 Å². The molecule has 1 aromatic rings. The zero-order valence-electron chi connectivity index (χ0n) is 10.1. The van der Waals surface area contributed by atoms with Crippen molar-refractivity contribution in [1.29, 1.82) is 0 Å². The molecule has 0 amide bonds. The van der Waals surface area contributed by atoms with Gasteiger partial charge in [-0.2, -0.15) is 0 Å². The molecule has 86 valence electrons. The van der Waals surface area contributed by atoms with Gasteiger partial charge in [-0.05, 0) is 30.0 Å². The van der Waals surface area contributed by atoms with Gasteiger partial charge in [-0.15, -0.1) is 0 Å². The molecule has 0 aliphatic rings. The number of benzene rings is 1. The molecular weight excluding hydrogens is 200 g/mol. The van der Waals surface area contributed by atoms with Crippen molar-refractivity contribution in [2.24, 2.45) is 0 Å². The van der Waals surface area contributed by atoms with Gasteiger partial charge in [0.25, 0.3) is 0 Å². The molecule has 2 heteroatoms. The normalized spacial score (nSPS) is 11.0. The zero-order chi connectivity index (χ0) is 12.0. The number of carbonyl (C=O) groups is 1. The standard InChI is InChI=1S/C14H18O2/c1-4-16-14(15)10-9-12-7-5-6-8-13(12)11(2)3/h5-11H,4H2,1-3H3/b10-9+. The van der Waals surface area contributed by atoms with Gasteiger partial charge in [0.05, 0.1) is 6.61 Å². The molecule has 0 fully saturated rings. The van der Waals surface area contributed by atoms with E-state index in [1.54, 1.807) is 6.92 Å². The van der Waals surface area contributed by atoms with Crippen molar-refractivity contribution < 1.29 is 9.53 Å². The molecule has 0 saturated carbocycles. The first-order valence-corrected chi connectivity index (χ1v) is 5.59. The Morgan fingerprint density at radius 1 is 1.38 bits per heavy atom. The predicted molar refractivity (Wildman–Crippen MR) is 66.2 cm³/mol. The van der Waals surface area contributed by atoms with Crippen molar-refractivity contribution in [2.45, 2.75) is 26.7 Å². The van der Waals surface area contributed by atoms with E-state index in [9.17, 15) is 4.79 Å². The molecule has 16 heavy (non-hydrogen) atoms. The van der Waals surface area contributed by atoms with Crippen LogP contribution in [0.1, 0.15) is 37.8 Å². The highest BCUT2D eigenvalue weighted by molar-refractivity contribution is 5.87. The molecule has 0 aliphatic carbocycles. The third-order valence-corrected chi connectivity index (χ3v) is 2.30. The Hall–Kier alpha value is -1.57. The number of hydrogen-bond acceptors (Lipinski definition) is 2. The van der Waals surface area contributed by atoms with Crippen LogP contribution in [0.3, 0.4) is 0 Å². The van der Waals surface area contributed by atoms with E-state index < -0.39 is 0 Å². The van der Waals surface area contributed by atoms with Crippen LogP contribution in [0.15, 0.2) is 30.3 Å². The topological polar surface area (TPSA) is 26.3 Å². The van der Waals surface area contributed by atoms with Crippen LogP contribution in [0, 0.1) is 0 Å². The molecule has 0 saturated heterocycles. The van der Waals surface area contributed by atoms with Gasteiger partial charge in [-0.1, -0.05) is 38.1 Å². The summed E-state index contributed by atoms with van der Waals surface area (Å²) in [5, 5.41) is 0. The smallest absolute Gasteiger partial charge is 0.330 e. The molecule has 2 nitrogen and oxygen atoms in total. The van der Waals surface area contributed by atoms with Crippen molar-refractivity contribution >= 4 is 12.0 Å². The van der Waals surface area contributed by atoms with Crippen LogP contribution < -0.4 is 0 Å². The first kappa shape index (κ1) is 12.5. The van der Waals surface area contributed by atoms with Crippen molar-refractivity contribution in [1.82, 2.24) is 0 Å². The first-order chi connectivity index (χ1) is 7.65. The molecule has 0 spiro atoms. The summed E-state index contributed by atoms with van der Waals surface area (Å²) >= 11 is 0. The molecule has 0 atom stereocenters. The maximum atomic E-state index is 11.2. The lowest BCUT2D eigenvalue weighted by Gasteiger charge is -2.08. The number of esters is 1. The molecule has 0 radical (unpaired) electrons. The van der Waals surface area contributed by atoms with Gasteiger partial charge in [0.2, 0.25) is 0 Å². The van der Waals surface area contributed by atoms with Gasteiger partial charge in [0, 0.05) is 6.08 Å². The summed E-state index contributed by atoms with van der Waals surface area (Å²) in [6, 6.07) is 8.06. The van der Waals surface area contributed by atoms with Crippen LogP contribution in [-0.2, 0) is 9.53 Å². The van der Waals surface area contributed by atoms with E-state index in [2.05, 4.69) is 19.9 Å². The minimum Gasteiger partial charge on any atom is -0.463 e. The quantitative estimate of drug-likeness (QED) is 0.572. The second-order valence-corrected chi connectivity index (χ2v) is 3.87. The second kappa shape index (κ2) is 6.11. The summed E-state index contributed by atoms with van der Waals surface area (Å²) in [5.41, 5.74) is 2.31. The fourth-order valence-electron chi connectivity index (χ4n) is 1.54. The van der Waals surface area contributed by atoms with Gasteiger partial charge in [-0.3, -0.25) is 0 Å². The molecule has 0 aromatic heterocycles. The van der Waals surface area contributed by atoms with Crippen molar-refractivity contribution in [3.05, 3.63) is 41.5 Å². The highest BCUT2D eigenvalue weighted by atomic mass is 16.5. The highest BCUT2D eigenvalue weighted by Crippen LogP contribution is 2.20. The van der Waals surface area contributed by atoms with Gasteiger partial charge in [-0.25, -0.2) is 4.79 Å². The lowest BCUT2D eigenvalue weighted by molar-refractivity contribution is -0.137. The maximum Gasteiger partial charge on any atom is 0.330 e. The van der Waals surface area contributed by atoms with Crippen LogP contribution in [0.5, 0.6) is 0 Å². The number of carbonyl (C=O) groups excluding carboxylic acids is 1. The Morgan fingerprint density at radius 3 is 2.69 bits per heavy atom. The van der Waals surface area contributed by atoms with E-state index in [4.69, 9.17) is 4.74 Å². The van der Waals surface area contributed by atoms with E-state index in [1.807, 2.05) is 24.3 Å². The van der Waals surface area contributed by atoms with Gasteiger partial charge < -0.3 is 4.74 Å². The fourth-order valence-corrected chi connectivity index (χ4v) is 1.54. The SMILES string of the molecule is CCOC(=O)/C=C/c1ccccc1C(C)C. The Morgan fingerprint density at radius 2 is 2.06 bits per heavy atom. The zero-order valence-corrected chi connectivity index (χ0v) is 10.1. The first-order valence-electron chi connectivity index (χ1n) is 5.59. The van der Waals surface area contributed by atoms with Gasteiger partial charge in [0.15, 0.2) is 0 Å². The average molecular weight is 218 g/mol. The maximum absolute atomic E-state index is 11.2. The molecule has 0 N–H and O–H groups in total. The largest absolute Gasteiger partial charge is 0.463 e. The Kier molecular flexibility index (Phi) is 4.77. The summed E-state index contributed by atoms with van der Waals surface area (Å²) in [6.45, 7) is 6.48. The summed E-state index contributed by atoms with van der Waals surface area (Å²) in [6.07, 6.45) is 3.29. The number of ether oxygens (including phenoxy) is 1. The average Bonchev–Trinajstić information content (AvgIpc) is 2.27. The Balaban J connectivity index is 2.84. The third kappa shape index (κ3) is 3.54. The minimum atomic E-state index is -0.291. The Bertz CT molecular complexity index is 378. The van der Waals surface area contributed by atoms with E-state index in [-0.39, 0.29) is 5.97 Å². The van der Waals surface area contributed by atoms with E-state index >= 15 is 0 Å². The monoisotopic (exact) mass is 218 g/mol. The van der Waals surface area contributed by atoms with Crippen molar-refractivity contribution in [2.75, 3.05) is 6.61 Å². The third-order valence-electron chi connectivity index (χ3n) is 2.30. The van der Waals surface area contributed by atoms with E-state index in [0.717, 1.165) is 5.56 Å². The van der Waals surface area contributed by atoms with Crippen LogP contribution in [0.4, 0.5) is 0 Å². The molecule has 1 aromatic carbocycles. The van der Waals surface area contributed by atoms with Crippen LogP contribution in [0.2, 0.25) is 0 Å². The lowest BCUT2D eigenvalue weighted by Crippen LogP contribution is -1.99. The van der Waals surface area contributed by atoms with Gasteiger partial charge in [0.1, 0.15) is 0 Å². The summed E-state index contributed by atoms with van der Waals surface area (Å²) in [5.74, 6) is 0.157. The second-order valence-electron chi connectivity index (χ2n) is 3.87. The fraction of sp³-hybridized carbons (Fsp3) is 0.357. The van der Waals surface area contributed by atoms with Crippen LogP contribution in [-0.4, -0.2) is 12.6 Å². The molecule has 0 bridgehead atoms. The summed E-state index contributed by atoms with van der Waals surface area (Å²) in [7, 11) is 0. The number of hydrogen-bond donors (Lipinski definition) is 0. The molecule has 1 rings (SSSR count). The van der Waals surface area contributed by atoms with Crippen LogP contribution >= 0.6 is 0 Å². The predicted octanol–water partition coefficient (Wildman–Crippen LogP) is 3.39. The lowest BCUT2D eigenvalue weighted by atomic mass is 9.97. The van der Waals surface area contributed by atoms with Crippen molar-refractivity contribution in [3.63, 3.8) is 0 Å². The number of rotatable bonds is 4. The van der Waals surface area contributed by atoms with Crippen LogP contribution in [0.25, 0.3) is 6.08 Å². The highest BCUT2D eigenvalue weighted by Gasteiger charge is 2.03. The molecular formula is C14H18O2. The summed E-state index contributed by atoms with van der Waals surface area (Å²) in [4.78, 5) is 11.2. The Labute approximate surface area is 96.9 Å². The molecule has 0 aliphatic heterocycles. The summed E-state index contributed by atoms with van der Waals surface area (Å²) < 4.78 is 4.84. The minimum absolute atomic E-state index is 0.291. The van der Waals surface area contributed by atoms with E-state index in [1.165, 1.54) is 11.6 Å². The molecule has 0 heterocycles. The van der Waals surface area contributed by atoms with E-state index in [0.29, 0.717) is 12.5 Å². The molecule has 0 unspecified atom stereocenters. The van der Waals surface area contributed by atoms with Gasteiger partial charge >= 0.3 is 5.97 Å².